The molecule has 1 amide bonds. The molecule has 19 heavy (non-hydrogen) atoms. The number of ether oxygens (including phenoxy) is 1. The van der Waals surface area contributed by atoms with Crippen molar-refractivity contribution in [2.24, 2.45) is 7.05 Å². The largest absolute Gasteiger partial charge is 0.444 e. The van der Waals surface area contributed by atoms with Crippen molar-refractivity contribution in [1.29, 1.82) is 0 Å². The number of fused-ring (bicyclic) bond motifs is 1. The Morgan fingerprint density at radius 2 is 2.00 bits per heavy atom. The molecule has 1 aromatic heterocycles. The first kappa shape index (κ1) is 13.5. The van der Waals surface area contributed by atoms with E-state index >= 15 is 0 Å². The summed E-state index contributed by atoms with van der Waals surface area (Å²) in [4.78, 5) is 25.3. The summed E-state index contributed by atoms with van der Waals surface area (Å²) in [6.07, 6.45) is -0.380. The van der Waals surface area contributed by atoms with Crippen LogP contribution in [0.1, 0.15) is 32.0 Å². The van der Waals surface area contributed by atoms with E-state index in [0.717, 1.165) is 11.3 Å². The highest BCUT2D eigenvalue weighted by Gasteiger charge is 2.29. The van der Waals surface area contributed by atoms with Crippen molar-refractivity contribution in [2.75, 3.05) is 5.73 Å². The number of hydrogen-bond acceptors (Lipinski definition) is 4. The van der Waals surface area contributed by atoms with Gasteiger partial charge in [0.15, 0.2) is 0 Å². The molecule has 0 spiro atoms. The number of amides is 1. The predicted octanol–water partition coefficient (Wildman–Crippen LogP) is 1.22. The number of nitrogens with zero attached hydrogens (tertiary/aromatic N) is 2. The number of aromatic nitrogens is 1. The van der Waals surface area contributed by atoms with Gasteiger partial charge < -0.3 is 15.0 Å². The Kier molecular flexibility index (Phi) is 3.04. The monoisotopic (exact) mass is 265 g/mol. The molecule has 0 saturated carbocycles. The van der Waals surface area contributed by atoms with E-state index in [1.54, 1.807) is 18.0 Å². The molecule has 1 aromatic rings. The van der Waals surface area contributed by atoms with Gasteiger partial charge in [-0.15, -0.1) is 0 Å². The fourth-order valence-electron chi connectivity index (χ4n) is 2.11. The fraction of sp³-hybridized carbons (Fsp3) is 0.538. The van der Waals surface area contributed by atoms with Crippen LogP contribution in [-0.4, -0.2) is 21.2 Å². The minimum atomic E-state index is -0.531. The van der Waals surface area contributed by atoms with Crippen molar-refractivity contribution in [3.05, 3.63) is 27.7 Å². The van der Waals surface area contributed by atoms with E-state index in [9.17, 15) is 9.59 Å². The molecule has 0 aliphatic carbocycles. The van der Waals surface area contributed by atoms with Gasteiger partial charge >= 0.3 is 6.09 Å². The van der Waals surface area contributed by atoms with Crippen LogP contribution in [0.4, 0.5) is 10.5 Å². The smallest absolute Gasteiger partial charge is 0.410 e. The van der Waals surface area contributed by atoms with Crippen molar-refractivity contribution in [2.45, 2.75) is 39.5 Å². The van der Waals surface area contributed by atoms with Crippen molar-refractivity contribution in [1.82, 2.24) is 9.47 Å². The SMILES string of the molecule is Cn1c2c(cc(N)c1=O)CN(C(=O)OC(C)(C)C)C2. The third-order valence-electron chi connectivity index (χ3n) is 3.01. The third kappa shape index (κ3) is 2.57. The number of pyridine rings is 1. The first-order valence-electron chi connectivity index (χ1n) is 6.14. The molecule has 2 N–H and O–H groups in total. The van der Waals surface area contributed by atoms with Crippen LogP contribution in [-0.2, 0) is 24.9 Å². The van der Waals surface area contributed by atoms with Gasteiger partial charge in [-0.2, -0.15) is 0 Å². The highest BCUT2D eigenvalue weighted by atomic mass is 16.6. The van der Waals surface area contributed by atoms with Crippen molar-refractivity contribution in [3.63, 3.8) is 0 Å². The molecule has 2 rings (SSSR count). The fourth-order valence-corrected chi connectivity index (χ4v) is 2.11. The van der Waals surface area contributed by atoms with E-state index in [4.69, 9.17) is 10.5 Å². The maximum atomic E-state index is 12.0. The molecular formula is C13H19N3O3. The lowest BCUT2D eigenvalue weighted by Gasteiger charge is -2.24. The van der Waals surface area contributed by atoms with Crippen LogP contribution in [0.3, 0.4) is 0 Å². The van der Waals surface area contributed by atoms with E-state index in [2.05, 4.69) is 0 Å². The molecule has 0 aromatic carbocycles. The second-order valence-electron chi connectivity index (χ2n) is 5.77. The predicted molar refractivity (Wildman–Crippen MR) is 71.6 cm³/mol. The van der Waals surface area contributed by atoms with Crippen LogP contribution >= 0.6 is 0 Å². The lowest BCUT2D eigenvalue weighted by atomic mass is 10.2. The third-order valence-corrected chi connectivity index (χ3v) is 3.01. The summed E-state index contributed by atoms with van der Waals surface area (Å²) in [7, 11) is 1.66. The molecule has 1 aliphatic rings. The van der Waals surface area contributed by atoms with Gasteiger partial charge in [-0.25, -0.2) is 4.79 Å². The molecule has 0 fully saturated rings. The van der Waals surface area contributed by atoms with Crippen molar-refractivity contribution in [3.8, 4) is 0 Å². The number of nitrogen functional groups attached to an aromatic ring is 1. The van der Waals surface area contributed by atoms with Crippen LogP contribution in [0.2, 0.25) is 0 Å². The average molecular weight is 265 g/mol. The molecule has 1 aliphatic heterocycles. The maximum Gasteiger partial charge on any atom is 0.410 e. The molecular weight excluding hydrogens is 246 g/mol. The summed E-state index contributed by atoms with van der Waals surface area (Å²) < 4.78 is 6.82. The molecule has 0 radical (unpaired) electrons. The van der Waals surface area contributed by atoms with Gasteiger partial charge in [-0.05, 0) is 32.4 Å². The lowest BCUT2D eigenvalue weighted by molar-refractivity contribution is 0.0240. The Hall–Kier alpha value is -1.98. The molecule has 0 unspecified atom stereocenters. The Morgan fingerprint density at radius 1 is 1.37 bits per heavy atom. The minimum absolute atomic E-state index is 0.201. The van der Waals surface area contributed by atoms with Gasteiger partial charge in [0.25, 0.3) is 5.56 Å². The molecule has 0 bridgehead atoms. The molecule has 6 nitrogen and oxygen atoms in total. The van der Waals surface area contributed by atoms with Gasteiger partial charge in [0.1, 0.15) is 5.60 Å². The van der Waals surface area contributed by atoms with E-state index in [1.807, 2.05) is 20.8 Å². The normalized spacial score (nSPS) is 14.4. The van der Waals surface area contributed by atoms with Gasteiger partial charge in [0.2, 0.25) is 0 Å². The maximum absolute atomic E-state index is 12.0. The second kappa shape index (κ2) is 4.29. The number of carbonyl (C=O) groups excluding carboxylic acids is 1. The number of nitrogens with two attached hydrogens (primary N) is 1. The van der Waals surface area contributed by atoms with E-state index in [-0.39, 0.29) is 17.3 Å². The molecule has 0 saturated heterocycles. The quantitative estimate of drug-likeness (QED) is 0.765. The van der Waals surface area contributed by atoms with Crippen molar-refractivity contribution >= 4 is 11.8 Å². The van der Waals surface area contributed by atoms with Crippen LogP contribution < -0.4 is 11.3 Å². The Bertz CT molecular complexity index is 584. The van der Waals surface area contributed by atoms with Crippen LogP contribution in [0.5, 0.6) is 0 Å². The van der Waals surface area contributed by atoms with Gasteiger partial charge in [-0.1, -0.05) is 0 Å². The second-order valence-corrected chi connectivity index (χ2v) is 5.77. The summed E-state index contributed by atoms with van der Waals surface area (Å²) in [6, 6.07) is 1.64. The van der Waals surface area contributed by atoms with Crippen LogP contribution in [0.25, 0.3) is 0 Å². The molecule has 0 atom stereocenters. The Morgan fingerprint density at radius 3 is 2.58 bits per heavy atom. The Balaban J connectivity index is 2.24. The number of anilines is 1. The van der Waals surface area contributed by atoms with Gasteiger partial charge in [0.05, 0.1) is 18.8 Å². The average Bonchev–Trinajstić information content (AvgIpc) is 2.68. The number of rotatable bonds is 0. The topological polar surface area (TPSA) is 77.6 Å². The first-order valence-corrected chi connectivity index (χ1v) is 6.14. The zero-order chi connectivity index (χ0) is 14.4. The highest BCUT2D eigenvalue weighted by Crippen LogP contribution is 2.24. The van der Waals surface area contributed by atoms with E-state index in [0.29, 0.717) is 13.1 Å². The molecule has 104 valence electrons. The molecule has 6 heteroatoms. The van der Waals surface area contributed by atoms with E-state index in [1.165, 1.54) is 4.57 Å². The number of hydrogen-bond donors (Lipinski definition) is 1. The molecule has 2 heterocycles. The standard InChI is InChI=1S/C13H19N3O3/c1-13(2,3)19-12(18)16-6-8-5-9(14)11(17)15(4)10(8)7-16/h5H,6-7,14H2,1-4H3. The van der Waals surface area contributed by atoms with Crippen LogP contribution in [0.15, 0.2) is 10.9 Å². The first-order chi connectivity index (χ1) is 8.69. The van der Waals surface area contributed by atoms with Gasteiger partial charge in [-0.3, -0.25) is 9.69 Å². The van der Waals surface area contributed by atoms with Crippen LogP contribution in [0, 0.1) is 0 Å². The summed E-state index contributed by atoms with van der Waals surface area (Å²) in [5.74, 6) is 0. The lowest BCUT2D eigenvalue weighted by Crippen LogP contribution is -2.33. The van der Waals surface area contributed by atoms with E-state index < -0.39 is 5.60 Å². The Labute approximate surface area is 111 Å². The highest BCUT2D eigenvalue weighted by molar-refractivity contribution is 5.69. The summed E-state index contributed by atoms with van der Waals surface area (Å²) in [5, 5.41) is 0. The number of carbonyl (C=O) groups is 1. The van der Waals surface area contributed by atoms with Gasteiger partial charge in [0, 0.05) is 12.7 Å². The minimum Gasteiger partial charge on any atom is -0.444 e. The zero-order valence-electron chi connectivity index (χ0n) is 11.7. The van der Waals surface area contributed by atoms with Crippen molar-refractivity contribution < 1.29 is 9.53 Å². The zero-order valence-corrected chi connectivity index (χ0v) is 11.7. The summed E-state index contributed by atoms with van der Waals surface area (Å²) in [5.41, 5.74) is 6.79. The summed E-state index contributed by atoms with van der Waals surface area (Å²) in [6.45, 7) is 6.25. The summed E-state index contributed by atoms with van der Waals surface area (Å²) >= 11 is 0.